The van der Waals surface area contributed by atoms with Crippen molar-refractivity contribution in [2.75, 3.05) is 0 Å². The normalized spacial score (nSPS) is 41.9. The number of hydrogen-bond donors (Lipinski definition) is 1. The Hall–Kier alpha value is -2.48. The van der Waals surface area contributed by atoms with Gasteiger partial charge < -0.3 is 24.1 Å². The molecule has 1 spiro atoms. The molecule has 0 unspecified atom stereocenters. The molecule has 3 aliphatic heterocycles. The third-order valence-corrected chi connectivity index (χ3v) is 6.64. The lowest BCUT2D eigenvalue weighted by Crippen LogP contribution is -2.73. The second kappa shape index (κ2) is 4.01. The first-order valence-corrected chi connectivity index (χ1v) is 9.06. The largest absolute Gasteiger partial charge is 0.446 e. The molecule has 7 heteroatoms. The Morgan fingerprint density at radius 1 is 1.04 bits per heavy atom. The zero-order chi connectivity index (χ0) is 18.2. The third-order valence-electron chi connectivity index (χ3n) is 6.64. The molecular formula is C20H14O7. The molecular weight excluding hydrogens is 352 g/mol. The molecule has 7 nitrogen and oxygen atoms in total. The molecule has 0 bridgehead atoms. The maximum Gasteiger partial charge on any atom is 0.316 e. The number of ketones is 2. The second-order valence-corrected chi connectivity index (χ2v) is 7.82. The van der Waals surface area contributed by atoms with Gasteiger partial charge in [-0.1, -0.05) is 24.3 Å². The van der Waals surface area contributed by atoms with Crippen molar-refractivity contribution in [2.24, 2.45) is 0 Å². The predicted octanol–water partition coefficient (Wildman–Crippen LogP) is 0.889. The lowest BCUT2D eigenvalue weighted by Gasteiger charge is -2.46. The predicted molar refractivity (Wildman–Crippen MR) is 88.4 cm³/mol. The molecule has 2 saturated heterocycles. The highest BCUT2D eigenvalue weighted by atomic mass is 16.8. The van der Waals surface area contributed by atoms with Gasteiger partial charge in [0.25, 0.3) is 0 Å². The van der Waals surface area contributed by atoms with E-state index in [1.54, 1.807) is 0 Å². The molecule has 0 radical (unpaired) electrons. The van der Waals surface area contributed by atoms with E-state index < -0.39 is 41.1 Å². The smallest absolute Gasteiger partial charge is 0.316 e. The van der Waals surface area contributed by atoms with Crippen LogP contribution in [-0.2, 0) is 19.1 Å². The van der Waals surface area contributed by atoms with Gasteiger partial charge in [0.15, 0.2) is 18.0 Å². The summed E-state index contributed by atoms with van der Waals surface area (Å²) in [5.41, 5.74) is -3.32. The van der Waals surface area contributed by atoms with Crippen LogP contribution in [0.4, 0.5) is 0 Å². The Balaban J connectivity index is 1.50. The van der Waals surface area contributed by atoms with Crippen LogP contribution in [-0.4, -0.2) is 52.0 Å². The van der Waals surface area contributed by atoms with Gasteiger partial charge in [-0.3, -0.25) is 9.59 Å². The number of rotatable bonds is 0. The Labute approximate surface area is 152 Å². The van der Waals surface area contributed by atoms with E-state index in [2.05, 4.69) is 0 Å². The Morgan fingerprint density at radius 3 is 2.44 bits per heavy atom. The minimum Gasteiger partial charge on any atom is -0.446 e. The summed E-state index contributed by atoms with van der Waals surface area (Å²) in [5.74, 6) is -1.23. The SMILES string of the molecule is O=C1CC[C@@H](O)[C@]23O[C@]12C(=O)[C@H]1O[C@H]1C31Oc2cccc3cccc(c23)O1. The van der Waals surface area contributed by atoms with Crippen molar-refractivity contribution in [3.05, 3.63) is 36.4 Å². The van der Waals surface area contributed by atoms with Gasteiger partial charge in [-0.25, -0.2) is 0 Å². The van der Waals surface area contributed by atoms with Crippen LogP contribution in [0.15, 0.2) is 36.4 Å². The summed E-state index contributed by atoms with van der Waals surface area (Å²) in [6.07, 6.45) is -2.36. The molecule has 4 fully saturated rings. The minimum atomic E-state index is -1.73. The van der Waals surface area contributed by atoms with Crippen LogP contribution in [0.5, 0.6) is 11.5 Å². The number of carbonyl (C=O) groups excluding carboxylic acids is 2. The zero-order valence-corrected chi connectivity index (χ0v) is 14.0. The fraction of sp³-hybridized carbons (Fsp3) is 0.400. The van der Waals surface area contributed by atoms with E-state index in [1.807, 2.05) is 36.4 Å². The summed E-state index contributed by atoms with van der Waals surface area (Å²) in [4.78, 5) is 25.6. The average Bonchev–Trinajstić information content (AvgIpc) is 3.57. The molecule has 0 amide bonds. The number of carbonyl (C=O) groups is 2. The number of aliphatic hydroxyl groups excluding tert-OH is 1. The van der Waals surface area contributed by atoms with Gasteiger partial charge >= 0.3 is 5.79 Å². The minimum absolute atomic E-state index is 0.0777. The summed E-state index contributed by atoms with van der Waals surface area (Å²) in [6, 6.07) is 11.2. The van der Waals surface area contributed by atoms with Gasteiger partial charge in [-0.05, 0) is 23.9 Å². The maximum atomic E-state index is 12.9. The molecule has 136 valence electrons. The van der Waals surface area contributed by atoms with Crippen molar-refractivity contribution < 1.29 is 33.6 Å². The first kappa shape index (κ1) is 14.6. The quantitative estimate of drug-likeness (QED) is 0.546. The van der Waals surface area contributed by atoms with E-state index in [0.717, 1.165) is 10.8 Å². The monoisotopic (exact) mass is 366 g/mol. The Bertz CT molecular complexity index is 1050. The lowest BCUT2D eigenvalue weighted by atomic mass is 9.64. The molecule has 0 aromatic heterocycles. The number of ether oxygens (including phenoxy) is 4. The summed E-state index contributed by atoms with van der Waals surface area (Å²) >= 11 is 0. The van der Waals surface area contributed by atoms with Gasteiger partial charge in [0.1, 0.15) is 11.5 Å². The molecule has 2 aromatic rings. The number of hydrogen-bond acceptors (Lipinski definition) is 7. The van der Waals surface area contributed by atoms with E-state index in [1.165, 1.54) is 0 Å². The highest BCUT2D eigenvalue weighted by molar-refractivity contribution is 6.19. The van der Waals surface area contributed by atoms with Gasteiger partial charge in [0.05, 0.1) is 11.5 Å². The summed E-state index contributed by atoms with van der Waals surface area (Å²) in [7, 11) is 0. The van der Waals surface area contributed by atoms with E-state index in [0.29, 0.717) is 11.5 Å². The lowest BCUT2D eigenvalue weighted by molar-refractivity contribution is -0.212. The number of benzene rings is 2. The van der Waals surface area contributed by atoms with Crippen molar-refractivity contribution >= 4 is 22.3 Å². The molecule has 1 N–H and O–H groups in total. The molecule has 5 aliphatic rings. The highest BCUT2D eigenvalue weighted by Gasteiger charge is 3.00. The third kappa shape index (κ3) is 1.27. The number of aliphatic hydroxyl groups is 1. The topological polar surface area (TPSA) is 97.9 Å². The number of fused-ring (bicyclic) bond motifs is 2. The summed E-state index contributed by atoms with van der Waals surface area (Å²) < 4.78 is 24.2. The number of epoxide rings is 2. The van der Waals surface area contributed by atoms with Crippen molar-refractivity contribution in [3.63, 3.8) is 0 Å². The number of Topliss-reactive ketones (excluding diaryl/α,β-unsaturated/α-hetero) is 2. The maximum absolute atomic E-state index is 12.9. The van der Waals surface area contributed by atoms with Crippen LogP contribution in [0.1, 0.15) is 12.8 Å². The molecule has 3 heterocycles. The van der Waals surface area contributed by atoms with Crippen LogP contribution in [0.3, 0.4) is 0 Å². The van der Waals surface area contributed by atoms with Gasteiger partial charge in [-0.2, -0.15) is 0 Å². The van der Waals surface area contributed by atoms with Crippen LogP contribution in [0.25, 0.3) is 10.8 Å². The van der Waals surface area contributed by atoms with E-state index >= 15 is 0 Å². The van der Waals surface area contributed by atoms with Gasteiger partial charge in [0.2, 0.25) is 17.0 Å². The molecule has 5 atom stereocenters. The molecule has 27 heavy (non-hydrogen) atoms. The standard InChI is InChI=1S/C20H14O7/c21-12-7-8-13(22)19-18(12,27-19)16(23)15-17(24-15)20(19)25-10-5-1-3-9-4-2-6-11(26-20)14(9)10/h1-6,13,15,17,22H,7-8H2/t13-,15-,17-,18+,19+/m1/s1. The fourth-order valence-electron chi connectivity index (χ4n) is 5.42. The molecule has 2 saturated carbocycles. The fourth-order valence-corrected chi connectivity index (χ4v) is 5.42. The van der Waals surface area contributed by atoms with Crippen LogP contribution in [0, 0.1) is 0 Å². The summed E-state index contributed by atoms with van der Waals surface area (Å²) in [5, 5.41) is 12.6. The van der Waals surface area contributed by atoms with E-state index in [9.17, 15) is 14.7 Å². The first-order valence-electron chi connectivity index (χ1n) is 9.06. The van der Waals surface area contributed by atoms with Crippen LogP contribution >= 0.6 is 0 Å². The Kier molecular flexibility index (Phi) is 2.16. The average molecular weight is 366 g/mol. The van der Waals surface area contributed by atoms with Crippen molar-refractivity contribution in [1.82, 2.24) is 0 Å². The summed E-state index contributed by atoms with van der Waals surface area (Å²) in [6.45, 7) is 0. The van der Waals surface area contributed by atoms with E-state index in [-0.39, 0.29) is 18.6 Å². The zero-order valence-electron chi connectivity index (χ0n) is 14.0. The molecule has 2 aromatic carbocycles. The van der Waals surface area contributed by atoms with Crippen molar-refractivity contribution in [2.45, 2.75) is 48.1 Å². The van der Waals surface area contributed by atoms with Crippen molar-refractivity contribution in [1.29, 1.82) is 0 Å². The van der Waals surface area contributed by atoms with Crippen LogP contribution < -0.4 is 9.47 Å². The highest BCUT2D eigenvalue weighted by Crippen LogP contribution is 2.71. The molecule has 7 rings (SSSR count). The van der Waals surface area contributed by atoms with Gasteiger partial charge in [-0.15, -0.1) is 0 Å². The van der Waals surface area contributed by atoms with Crippen molar-refractivity contribution in [3.8, 4) is 11.5 Å². The molecule has 2 aliphatic carbocycles. The van der Waals surface area contributed by atoms with Crippen LogP contribution in [0.2, 0.25) is 0 Å². The Morgan fingerprint density at radius 2 is 1.74 bits per heavy atom. The first-order chi connectivity index (χ1) is 13.1. The van der Waals surface area contributed by atoms with E-state index in [4.69, 9.17) is 18.9 Å². The second-order valence-electron chi connectivity index (χ2n) is 7.82. The van der Waals surface area contributed by atoms with Gasteiger partial charge in [0, 0.05) is 6.42 Å².